The van der Waals surface area contributed by atoms with Crippen molar-refractivity contribution in [2.75, 3.05) is 0 Å². The molecule has 0 fully saturated rings. The highest BCUT2D eigenvalue weighted by molar-refractivity contribution is 7.98. The standard InChI is InChI=1S/C17H18N4OS/c1-2-16-19-17(21-20-16)23-12-13-6-8-15(9-7-13)22-11-14-5-3-4-10-18-14/h3-10H,2,11-12H2,1H3,(H,19,20,21). The quantitative estimate of drug-likeness (QED) is 0.672. The normalized spacial score (nSPS) is 10.7. The maximum atomic E-state index is 5.73. The van der Waals surface area contributed by atoms with Gasteiger partial charge in [0.15, 0.2) is 0 Å². The number of nitrogens with one attached hydrogen (secondary N) is 1. The van der Waals surface area contributed by atoms with E-state index in [0.29, 0.717) is 6.61 Å². The van der Waals surface area contributed by atoms with Gasteiger partial charge < -0.3 is 4.74 Å². The number of H-pyrrole nitrogens is 1. The fourth-order valence-electron chi connectivity index (χ4n) is 1.97. The predicted molar refractivity (Wildman–Crippen MR) is 90.3 cm³/mol. The average molecular weight is 326 g/mol. The maximum absolute atomic E-state index is 5.73. The fraction of sp³-hybridized carbons (Fsp3) is 0.235. The number of rotatable bonds is 7. The number of pyridine rings is 1. The first-order valence-corrected chi connectivity index (χ1v) is 8.48. The van der Waals surface area contributed by atoms with Crippen LogP contribution in [-0.2, 0) is 18.8 Å². The third-order valence-electron chi connectivity index (χ3n) is 3.25. The Balaban J connectivity index is 1.50. The molecule has 0 saturated carbocycles. The molecule has 6 heteroatoms. The van der Waals surface area contributed by atoms with Crippen molar-refractivity contribution in [1.82, 2.24) is 20.2 Å². The van der Waals surface area contributed by atoms with E-state index in [1.807, 2.05) is 30.3 Å². The predicted octanol–water partition coefficient (Wildman–Crippen LogP) is 3.63. The second-order valence-corrected chi connectivity index (χ2v) is 5.90. The molecule has 0 radical (unpaired) electrons. The molecule has 1 aromatic carbocycles. The summed E-state index contributed by atoms with van der Waals surface area (Å²) in [7, 11) is 0. The van der Waals surface area contributed by atoms with Crippen molar-refractivity contribution >= 4 is 11.8 Å². The van der Waals surface area contributed by atoms with Gasteiger partial charge in [0.2, 0.25) is 5.16 Å². The molecule has 0 atom stereocenters. The highest BCUT2D eigenvalue weighted by atomic mass is 32.2. The Bertz CT molecular complexity index is 728. The minimum atomic E-state index is 0.478. The molecule has 3 aromatic rings. The Morgan fingerprint density at radius 1 is 1.13 bits per heavy atom. The van der Waals surface area contributed by atoms with Crippen molar-refractivity contribution in [1.29, 1.82) is 0 Å². The summed E-state index contributed by atoms with van der Waals surface area (Å²) in [5.41, 5.74) is 2.13. The number of benzene rings is 1. The second kappa shape index (κ2) is 7.78. The van der Waals surface area contributed by atoms with Crippen LogP contribution >= 0.6 is 11.8 Å². The van der Waals surface area contributed by atoms with Crippen LogP contribution < -0.4 is 4.74 Å². The van der Waals surface area contributed by atoms with Gasteiger partial charge in [0.25, 0.3) is 0 Å². The lowest BCUT2D eigenvalue weighted by molar-refractivity contribution is 0.301. The smallest absolute Gasteiger partial charge is 0.208 e. The van der Waals surface area contributed by atoms with E-state index in [-0.39, 0.29) is 0 Å². The first-order valence-electron chi connectivity index (χ1n) is 7.49. The van der Waals surface area contributed by atoms with Gasteiger partial charge in [0.1, 0.15) is 18.2 Å². The Kier molecular flexibility index (Phi) is 5.26. The first-order chi connectivity index (χ1) is 11.3. The summed E-state index contributed by atoms with van der Waals surface area (Å²) in [4.78, 5) is 8.63. The van der Waals surface area contributed by atoms with Crippen LogP contribution in [0.2, 0.25) is 0 Å². The lowest BCUT2D eigenvalue weighted by Crippen LogP contribution is -1.97. The molecule has 118 valence electrons. The molecule has 1 N–H and O–H groups in total. The Hall–Kier alpha value is -2.34. The van der Waals surface area contributed by atoms with E-state index in [2.05, 4.69) is 39.2 Å². The van der Waals surface area contributed by atoms with Gasteiger partial charge in [0, 0.05) is 18.4 Å². The van der Waals surface area contributed by atoms with Crippen LogP contribution in [-0.4, -0.2) is 20.2 Å². The van der Waals surface area contributed by atoms with Crippen LogP contribution in [0.3, 0.4) is 0 Å². The topological polar surface area (TPSA) is 63.7 Å². The zero-order chi connectivity index (χ0) is 15.9. The first kappa shape index (κ1) is 15.6. The van der Waals surface area contributed by atoms with Gasteiger partial charge in [-0.25, -0.2) is 4.98 Å². The second-order valence-electron chi connectivity index (χ2n) is 4.96. The summed E-state index contributed by atoms with van der Waals surface area (Å²) in [5.74, 6) is 2.60. The number of hydrogen-bond acceptors (Lipinski definition) is 5. The third kappa shape index (κ3) is 4.56. The summed E-state index contributed by atoms with van der Waals surface area (Å²) >= 11 is 1.62. The van der Waals surface area contributed by atoms with E-state index in [4.69, 9.17) is 4.74 Å². The number of aryl methyl sites for hydroxylation is 1. The molecule has 0 saturated heterocycles. The molecule has 0 aliphatic carbocycles. The maximum Gasteiger partial charge on any atom is 0.208 e. The molecule has 2 heterocycles. The highest BCUT2D eigenvalue weighted by Crippen LogP contribution is 2.21. The molecule has 23 heavy (non-hydrogen) atoms. The Morgan fingerprint density at radius 2 is 2.00 bits per heavy atom. The monoisotopic (exact) mass is 326 g/mol. The van der Waals surface area contributed by atoms with Gasteiger partial charge >= 0.3 is 0 Å². The summed E-state index contributed by atoms with van der Waals surface area (Å²) in [6, 6.07) is 13.9. The number of aromatic amines is 1. The van der Waals surface area contributed by atoms with Gasteiger partial charge in [-0.2, -0.15) is 0 Å². The third-order valence-corrected chi connectivity index (χ3v) is 4.17. The van der Waals surface area contributed by atoms with Crippen molar-refractivity contribution in [3.05, 3.63) is 65.7 Å². The fourth-order valence-corrected chi connectivity index (χ4v) is 2.74. The van der Waals surface area contributed by atoms with Crippen LogP contribution in [0, 0.1) is 0 Å². The minimum absolute atomic E-state index is 0.478. The number of ether oxygens (including phenoxy) is 1. The summed E-state index contributed by atoms with van der Waals surface area (Å²) in [6.07, 6.45) is 2.64. The molecular formula is C17H18N4OS. The van der Waals surface area contributed by atoms with E-state index < -0.39 is 0 Å². The van der Waals surface area contributed by atoms with Crippen molar-refractivity contribution in [3.63, 3.8) is 0 Å². The van der Waals surface area contributed by atoms with E-state index in [9.17, 15) is 0 Å². The lowest BCUT2D eigenvalue weighted by Gasteiger charge is -2.06. The number of nitrogens with zero attached hydrogens (tertiary/aromatic N) is 3. The largest absolute Gasteiger partial charge is 0.487 e. The molecular weight excluding hydrogens is 308 g/mol. The van der Waals surface area contributed by atoms with Crippen LogP contribution in [0.5, 0.6) is 5.75 Å². The van der Waals surface area contributed by atoms with Gasteiger partial charge in [-0.05, 0) is 29.8 Å². The molecule has 0 amide bonds. The Morgan fingerprint density at radius 3 is 2.70 bits per heavy atom. The van der Waals surface area contributed by atoms with E-state index in [0.717, 1.165) is 34.6 Å². The van der Waals surface area contributed by atoms with Crippen LogP contribution in [0.25, 0.3) is 0 Å². The van der Waals surface area contributed by atoms with Gasteiger partial charge in [0.05, 0.1) is 5.69 Å². The zero-order valence-electron chi connectivity index (χ0n) is 12.9. The highest BCUT2D eigenvalue weighted by Gasteiger charge is 2.03. The lowest BCUT2D eigenvalue weighted by atomic mass is 10.2. The molecule has 0 aliphatic rings. The molecule has 3 rings (SSSR count). The minimum Gasteiger partial charge on any atom is -0.487 e. The van der Waals surface area contributed by atoms with Crippen LogP contribution in [0.1, 0.15) is 24.0 Å². The molecule has 0 unspecified atom stereocenters. The summed E-state index contributed by atoms with van der Waals surface area (Å²) < 4.78 is 5.73. The van der Waals surface area contributed by atoms with Gasteiger partial charge in [-0.1, -0.05) is 36.9 Å². The average Bonchev–Trinajstić information content (AvgIpc) is 3.08. The van der Waals surface area contributed by atoms with Crippen molar-refractivity contribution < 1.29 is 4.74 Å². The van der Waals surface area contributed by atoms with Crippen LogP contribution in [0.4, 0.5) is 0 Å². The summed E-state index contributed by atoms with van der Waals surface area (Å²) in [6.45, 7) is 2.53. The molecule has 2 aromatic heterocycles. The zero-order valence-corrected chi connectivity index (χ0v) is 13.7. The van der Waals surface area contributed by atoms with Crippen molar-refractivity contribution in [2.24, 2.45) is 0 Å². The van der Waals surface area contributed by atoms with Gasteiger partial charge in [-0.3, -0.25) is 10.1 Å². The van der Waals surface area contributed by atoms with E-state index in [1.54, 1.807) is 18.0 Å². The molecule has 5 nitrogen and oxygen atoms in total. The van der Waals surface area contributed by atoms with Gasteiger partial charge in [-0.15, -0.1) is 5.10 Å². The number of hydrogen-bond donors (Lipinski definition) is 1. The van der Waals surface area contributed by atoms with E-state index in [1.165, 1.54) is 5.56 Å². The Labute approximate surface area is 139 Å². The SMILES string of the molecule is CCc1nc(SCc2ccc(OCc3ccccn3)cc2)n[nH]1. The molecule has 0 spiro atoms. The number of aromatic nitrogens is 4. The van der Waals surface area contributed by atoms with Crippen molar-refractivity contribution in [3.8, 4) is 5.75 Å². The molecule has 0 aliphatic heterocycles. The summed E-state index contributed by atoms with van der Waals surface area (Å²) in [5, 5.41) is 7.89. The van der Waals surface area contributed by atoms with Crippen molar-refractivity contribution in [2.45, 2.75) is 30.9 Å². The van der Waals surface area contributed by atoms with Crippen LogP contribution in [0.15, 0.2) is 53.8 Å². The van der Waals surface area contributed by atoms with E-state index >= 15 is 0 Å². The number of thioether (sulfide) groups is 1. The molecule has 0 bridgehead atoms.